The van der Waals surface area contributed by atoms with Gasteiger partial charge >= 0.3 is 0 Å². The molecular weight excluding hydrogens is 440 g/mol. The Morgan fingerprint density at radius 2 is 2.00 bits per heavy atom. The number of hydrogen-bond acceptors (Lipinski definition) is 5. The van der Waals surface area contributed by atoms with Crippen molar-refractivity contribution in [2.45, 2.75) is 63.3 Å². The fourth-order valence-electron chi connectivity index (χ4n) is 4.15. The predicted octanol–water partition coefficient (Wildman–Crippen LogP) is 4.56. The summed E-state index contributed by atoms with van der Waals surface area (Å²) < 4.78 is 64.2. The van der Waals surface area contributed by atoms with Crippen molar-refractivity contribution >= 4 is 27.1 Å². The van der Waals surface area contributed by atoms with Crippen molar-refractivity contribution in [3.05, 3.63) is 51.9 Å². The van der Waals surface area contributed by atoms with E-state index in [9.17, 15) is 17.6 Å². The molecule has 2 aromatic rings. The molecule has 1 atom stereocenters. The van der Waals surface area contributed by atoms with E-state index in [1.807, 2.05) is 6.92 Å². The number of nitrogens with one attached hydrogen (secondary N) is 2. The second kappa shape index (κ2) is 8.47. The third kappa shape index (κ3) is 4.13. The van der Waals surface area contributed by atoms with Crippen LogP contribution in [0.25, 0.3) is 0 Å². The molecule has 1 aromatic heterocycles. The summed E-state index contributed by atoms with van der Waals surface area (Å²) in [5.74, 6) is -1.85. The minimum Gasteiger partial charge on any atom is -0.358 e. The first kappa shape index (κ1) is 22.7. The van der Waals surface area contributed by atoms with Crippen molar-refractivity contribution in [1.29, 1.82) is 0 Å². The maximum atomic E-state index is 15.3. The highest BCUT2D eigenvalue weighted by molar-refractivity contribution is 7.94. The third-order valence-electron chi connectivity index (χ3n) is 6.11. The molecule has 0 radical (unpaired) electrons. The second-order valence-electron chi connectivity index (χ2n) is 8.56. The van der Waals surface area contributed by atoms with Crippen molar-refractivity contribution in [2.24, 2.45) is 0 Å². The first-order valence-electron chi connectivity index (χ1n) is 10.8. The van der Waals surface area contributed by atoms with Crippen molar-refractivity contribution in [1.82, 2.24) is 4.57 Å². The van der Waals surface area contributed by atoms with E-state index in [4.69, 9.17) is 4.74 Å². The van der Waals surface area contributed by atoms with E-state index in [2.05, 4.69) is 10.0 Å². The Kier molecular flexibility index (Phi) is 6.02. The van der Waals surface area contributed by atoms with Crippen molar-refractivity contribution in [3.8, 4) is 0 Å². The Bertz CT molecular complexity index is 1190. The van der Waals surface area contributed by atoms with Gasteiger partial charge in [-0.15, -0.1) is 0 Å². The SMILES string of the molecule is CCCC1(S(=O)(=O)Nc2cn(C3CCCO3)c(=O)c(F)c2Nc2ccc(C)cc2F)CC1. The Balaban J connectivity index is 1.80. The molecule has 4 rings (SSSR count). The molecule has 1 aliphatic carbocycles. The van der Waals surface area contributed by atoms with Crippen LogP contribution in [-0.4, -0.2) is 24.3 Å². The molecule has 2 N–H and O–H groups in total. The van der Waals surface area contributed by atoms with Crippen LogP contribution in [0, 0.1) is 18.6 Å². The van der Waals surface area contributed by atoms with Gasteiger partial charge in [0.25, 0.3) is 5.56 Å². The van der Waals surface area contributed by atoms with Gasteiger partial charge in [-0.2, -0.15) is 4.39 Å². The number of pyridine rings is 1. The van der Waals surface area contributed by atoms with Crippen molar-refractivity contribution in [3.63, 3.8) is 0 Å². The number of aryl methyl sites for hydroxylation is 1. The van der Waals surface area contributed by atoms with Crippen LogP contribution >= 0.6 is 0 Å². The summed E-state index contributed by atoms with van der Waals surface area (Å²) in [5.41, 5.74) is -0.940. The maximum Gasteiger partial charge on any atom is 0.291 e. The molecule has 0 amide bonds. The summed E-state index contributed by atoms with van der Waals surface area (Å²) in [7, 11) is -3.87. The summed E-state index contributed by atoms with van der Waals surface area (Å²) in [4.78, 5) is 12.7. The van der Waals surface area contributed by atoms with Crippen LogP contribution in [0.15, 0.2) is 29.2 Å². The summed E-state index contributed by atoms with van der Waals surface area (Å²) >= 11 is 0. The lowest BCUT2D eigenvalue weighted by Gasteiger charge is -2.22. The van der Waals surface area contributed by atoms with Gasteiger partial charge < -0.3 is 10.1 Å². The van der Waals surface area contributed by atoms with Gasteiger partial charge in [0, 0.05) is 12.8 Å². The standard InChI is InChI=1S/C22H27F2N3O4S/c1-3-8-22(9-10-22)32(29,30)26-17-13-27(18-5-4-11-31-18)21(28)19(24)20(17)25-16-7-6-14(2)12-15(16)23/h6-7,12-13,18,25-26H,3-5,8-11H2,1-2H3. The van der Waals surface area contributed by atoms with E-state index in [0.717, 1.165) is 4.57 Å². The van der Waals surface area contributed by atoms with Crippen molar-refractivity contribution in [2.75, 3.05) is 16.6 Å². The number of sulfonamides is 1. The van der Waals surface area contributed by atoms with Crippen LogP contribution in [0.3, 0.4) is 0 Å². The predicted molar refractivity (Wildman–Crippen MR) is 119 cm³/mol. The Labute approximate surface area is 185 Å². The van der Waals surface area contributed by atoms with E-state index in [1.165, 1.54) is 18.3 Å². The number of rotatable bonds is 8. The molecule has 7 nitrogen and oxygen atoms in total. The highest BCUT2D eigenvalue weighted by Gasteiger charge is 2.54. The maximum absolute atomic E-state index is 15.3. The summed E-state index contributed by atoms with van der Waals surface area (Å²) in [6.07, 6.45) is 3.96. The largest absolute Gasteiger partial charge is 0.358 e. The highest BCUT2D eigenvalue weighted by Crippen LogP contribution is 2.48. The van der Waals surface area contributed by atoms with Crippen molar-refractivity contribution < 1.29 is 21.9 Å². The minimum atomic E-state index is -3.87. The Morgan fingerprint density at radius 3 is 2.59 bits per heavy atom. The Hall–Kier alpha value is -2.46. The molecule has 1 aliphatic heterocycles. The molecule has 32 heavy (non-hydrogen) atoms. The molecule has 2 fully saturated rings. The summed E-state index contributed by atoms with van der Waals surface area (Å²) in [6, 6.07) is 4.30. The zero-order valence-corrected chi connectivity index (χ0v) is 18.9. The lowest BCUT2D eigenvalue weighted by Crippen LogP contribution is -2.33. The number of hydrogen-bond donors (Lipinski definition) is 2. The van der Waals surface area contributed by atoms with Gasteiger partial charge in [-0.05, 0) is 56.7 Å². The van der Waals surface area contributed by atoms with E-state index >= 15 is 4.39 Å². The smallest absolute Gasteiger partial charge is 0.291 e. The minimum absolute atomic E-state index is 0.0705. The van der Waals surface area contributed by atoms with Crippen LogP contribution < -0.4 is 15.6 Å². The number of nitrogens with zero attached hydrogens (tertiary/aromatic N) is 1. The molecule has 1 aromatic carbocycles. The highest BCUT2D eigenvalue weighted by atomic mass is 32.2. The number of halogens is 2. The molecule has 2 aliphatic rings. The molecule has 2 heterocycles. The van der Waals surface area contributed by atoms with Crippen LogP contribution in [-0.2, 0) is 14.8 Å². The van der Waals surface area contributed by atoms with E-state index in [-0.39, 0.29) is 11.4 Å². The summed E-state index contributed by atoms with van der Waals surface area (Å²) in [5, 5.41) is 2.59. The monoisotopic (exact) mass is 467 g/mol. The quantitative estimate of drug-likeness (QED) is 0.594. The number of aromatic nitrogens is 1. The fraction of sp³-hybridized carbons (Fsp3) is 0.500. The van der Waals surface area contributed by atoms with Crippen LogP contribution in [0.4, 0.5) is 25.8 Å². The zero-order chi connectivity index (χ0) is 23.1. The molecular formula is C22H27F2N3O4S. The van der Waals surface area contributed by atoms with Gasteiger partial charge in [0.05, 0.1) is 16.1 Å². The lowest BCUT2D eigenvalue weighted by molar-refractivity contribution is 0.0530. The number of benzene rings is 1. The van der Waals surface area contributed by atoms with Gasteiger partial charge in [-0.25, -0.2) is 12.8 Å². The molecule has 10 heteroatoms. The normalized spacial score (nSPS) is 19.7. The average molecular weight is 468 g/mol. The van der Waals surface area contributed by atoms with Gasteiger partial charge in [0.2, 0.25) is 15.8 Å². The van der Waals surface area contributed by atoms with E-state index in [0.29, 0.717) is 50.7 Å². The fourth-order valence-corrected chi connectivity index (χ4v) is 5.92. The first-order valence-corrected chi connectivity index (χ1v) is 12.3. The van der Waals surface area contributed by atoms with Gasteiger partial charge in [-0.3, -0.25) is 14.1 Å². The van der Waals surface area contributed by atoms with Crippen LogP contribution in [0.1, 0.15) is 57.2 Å². The number of anilines is 3. The van der Waals surface area contributed by atoms with Gasteiger partial charge in [0.15, 0.2) is 0 Å². The topological polar surface area (TPSA) is 89.4 Å². The Morgan fingerprint density at radius 1 is 1.25 bits per heavy atom. The third-order valence-corrected chi connectivity index (χ3v) is 8.35. The van der Waals surface area contributed by atoms with E-state index < -0.39 is 43.9 Å². The van der Waals surface area contributed by atoms with E-state index in [1.54, 1.807) is 13.0 Å². The number of ether oxygens (including phenoxy) is 1. The molecule has 0 spiro atoms. The summed E-state index contributed by atoms with van der Waals surface area (Å²) in [6.45, 7) is 4.03. The average Bonchev–Trinajstić information content (AvgIpc) is 3.33. The van der Waals surface area contributed by atoms with Crippen LogP contribution in [0.5, 0.6) is 0 Å². The lowest BCUT2D eigenvalue weighted by atomic mass is 10.2. The van der Waals surface area contributed by atoms with Gasteiger partial charge in [-0.1, -0.05) is 19.4 Å². The van der Waals surface area contributed by atoms with Crippen LogP contribution in [0.2, 0.25) is 0 Å². The molecule has 1 saturated carbocycles. The second-order valence-corrected chi connectivity index (χ2v) is 10.6. The van der Waals surface area contributed by atoms with Gasteiger partial charge in [0.1, 0.15) is 17.7 Å². The molecule has 1 unspecified atom stereocenters. The zero-order valence-electron chi connectivity index (χ0n) is 18.1. The molecule has 174 valence electrons. The first-order chi connectivity index (χ1) is 15.2. The molecule has 1 saturated heterocycles. The molecule has 0 bridgehead atoms.